The Hall–Kier alpha value is -0.680. The minimum atomic E-state index is -0.335. The summed E-state index contributed by atoms with van der Waals surface area (Å²) >= 11 is 20.6. The molecule has 0 saturated heterocycles. The van der Waals surface area contributed by atoms with E-state index in [0.29, 0.717) is 20.2 Å². The molecule has 1 aromatic heterocycles. The van der Waals surface area contributed by atoms with Crippen molar-refractivity contribution in [1.29, 1.82) is 0 Å². The topological polar surface area (TPSA) is 44.9 Å². The van der Waals surface area contributed by atoms with Crippen molar-refractivity contribution in [3.8, 4) is 0 Å². The third kappa shape index (κ3) is 3.01. The van der Waals surface area contributed by atoms with Crippen molar-refractivity contribution >= 4 is 62.3 Å². The standard InChI is InChI=1S/C11H6BrCl3N2O/c12-6-3-5(1-2-7(6)13)16-11(18)9-4-8(14)10(15)17-9/h1-4,17H,(H,16,18). The lowest BCUT2D eigenvalue weighted by Crippen LogP contribution is -2.12. The molecule has 0 unspecified atom stereocenters. The van der Waals surface area contributed by atoms with Gasteiger partial charge in [0.25, 0.3) is 5.91 Å². The summed E-state index contributed by atoms with van der Waals surface area (Å²) in [6.45, 7) is 0. The van der Waals surface area contributed by atoms with Crippen LogP contribution in [0.25, 0.3) is 0 Å². The maximum absolute atomic E-state index is 11.9. The summed E-state index contributed by atoms with van der Waals surface area (Å²) in [5.74, 6) is -0.335. The molecule has 1 aromatic carbocycles. The number of carbonyl (C=O) groups excluding carboxylic acids is 1. The smallest absolute Gasteiger partial charge is 0.272 e. The molecule has 1 amide bonds. The Balaban J connectivity index is 2.18. The number of anilines is 1. The molecular weight excluding hydrogens is 362 g/mol. The van der Waals surface area contributed by atoms with Crippen molar-refractivity contribution < 1.29 is 4.79 Å². The monoisotopic (exact) mass is 366 g/mol. The lowest BCUT2D eigenvalue weighted by molar-refractivity contribution is 0.102. The van der Waals surface area contributed by atoms with Crippen LogP contribution in [0, 0.1) is 0 Å². The van der Waals surface area contributed by atoms with Crippen LogP contribution in [0.15, 0.2) is 28.7 Å². The van der Waals surface area contributed by atoms with E-state index >= 15 is 0 Å². The summed E-state index contributed by atoms with van der Waals surface area (Å²) in [4.78, 5) is 14.5. The third-order valence-electron chi connectivity index (χ3n) is 2.15. The minimum absolute atomic E-state index is 0.235. The summed E-state index contributed by atoms with van der Waals surface area (Å²) < 4.78 is 0.699. The second kappa shape index (κ2) is 5.53. The molecule has 0 saturated carbocycles. The minimum Gasteiger partial charge on any atom is -0.340 e. The van der Waals surface area contributed by atoms with Crippen LogP contribution >= 0.6 is 50.7 Å². The maximum Gasteiger partial charge on any atom is 0.272 e. The van der Waals surface area contributed by atoms with Gasteiger partial charge in [-0.05, 0) is 40.2 Å². The number of aromatic nitrogens is 1. The van der Waals surface area contributed by atoms with E-state index in [1.165, 1.54) is 6.07 Å². The number of hydrogen-bond donors (Lipinski definition) is 2. The maximum atomic E-state index is 11.9. The molecule has 0 aliphatic carbocycles. The summed E-state index contributed by atoms with van der Waals surface area (Å²) in [6.07, 6.45) is 0. The molecule has 18 heavy (non-hydrogen) atoms. The normalized spacial score (nSPS) is 10.4. The molecule has 94 valence electrons. The van der Waals surface area contributed by atoms with E-state index in [4.69, 9.17) is 34.8 Å². The van der Waals surface area contributed by atoms with Gasteiger partial charge in [0.05, 0.1) is 10.0 Å². The predicted octanol–water partition coefficient (Wildman–Crippen LogP) is 4.99. The van der Waals surface area contributed by atoms with E-state index < -0.39 is 0 Å². The van der Waals surface area contributed by atoms with Crippen LogP contribution in [0.3, 0.4) is 0 Å². The number of H-pyrrole nitrogens is 1. The molecule has 0 spiro atoms. The number of hydrogen-bond acceptors (Lipinski definition) is 1. The van der Waals surface area contributed by atoms with Crippen LogP contribution in [-0.4, -0.2) is 10.9 Å². The number of halogens is 4. The van der Waals surface area contributed by atoms with E-state index in [-0.39, 0.29) is 16.8 Å². The summed E-state index contributed by atoms with van der Waals surface area (Å²) in [6, 6.07) is 6.53. The predicted molar refractivity (Wildman–Crippen MR) is 77.9 cm³/mol. The second-order valence-electron chi connectivity index (χ2n) is 3.43. The summed E-state index contributed by atoms with van der Waals surface area (Å²) in [7, 11) is 0. The van der Waals surface area contributed by atoms with Crippen LogP contribution in [0.1, 0.15) is 10.5 Å². The highest BCUT2D eigenvalue weighted by atomic mass is 79.9. The van der Waals surface area contributed by atoms with E-state index in [1.807, 2.05) is 0 Å². The zero-order chi connectivity index (χ0) is 13.3. The molecule has 2 N–H and O–H groups in total. The Labute approximate surface area is 127 Å². The Bertz CT molecular complexity index is 593. The van der Waals surface area contributed by atoms with Crippen molar-refractivity contribution in [2.24, 2.45) is 0 Å². The first kappa shape index (κ1) is 13.7. The lowest BCUT2D eigenvalue weighted by Gasteiger charge is -2.05. The molecule has 3 nitrogen and oxygen atoms in total. The first-order valence-corrected chi connectivity index (χ1v) is 6.70. The van der Waals surface area contributed by atoms with Gasteiger partial charge >= 0.3 is 0 Å². The molecule has 0 fully saturated rings. The van der Waals surface area contributed by atoms with Gasteiger partial charge in [-0.1, -0.05) is 34.8 Å². The van der Waals surface area contributed by atoms with Crippen molar-refractivity contribution in [2.75, 3.05) is 5.32 Å². The van der Waals surface area contributed by atoms with Crippen molar-refractivity contribution in [1.82, 2.24) is 4.98 Å². The number of aromatic amines is 1. The first-order chi connectivity index (χ1) is 8.47. The SMILES string of the molecule is O=C(Nc1ccc(Cl)c(Br)c1)c1cc(Cl)c(Cl)[nH]1. The average molecular weight is 368 g/mol. The van der Waals surface area contributed by atoms with Crippen LogP contribution in [-0.2, 0) is 0 Å². The van der Waals surface area contributed by atoms with Gasteiger partial charge < -0.3 is 10.3 Å². The molecule has 7 heteroatoms. The van der Waals surface area contributed by atoms with E-state index in [1.54, 1.807) is 18.2 Å². The molecule has 0 bridgehead atoms. The fraction of sp³-hybridized carbons (Fsp3) is 0. The number of amides is 1. The Morgan fingerprint density at radius 2 is 1.89 bits per heavy atom. The average Bonchev–Trinajstić information content (AvgIpc) is 2.65. The van der Waals surface area contributed by atoms with Gasteiger partial charge in [0.15, 0.2) is 0 Å². The van der Waals surface area contributed by atoms with Gasteiger partial charge in [-0.15, -0.1) is 0 Å². The van der Waals surface area contributed by atoms with Crippen molar-refractivity contribution in [3.63, 3.8) is 0 Å². The van der Waals surface area contributed by atoms with Crippen molar-refractivity contribution in [3.05, 3.63) is 49.6 Å². The highest BCUT2D eigenvalue weighted by Gasteiger charge is 2.12. The number of rotatable bonds is 2. The number of nitrogens with one attached hydrogen (secondary N) is 2. The lowest BCUT2D eigenvalue weighted by atomic mass is 10.3. The fourth-order valence-corrected chi connectivity index (χ4v) is 2.11. The molecule has 1 heterocycles. The van der Waals surface area contributed by atoms with Crippen LogP contribution in [0.2, 0.25) is 15.2 Å². The molecule has 2 rings (SSSR count). The fourth-order valence-electron chi connectivity index (χ4n) is 1.30. The van der Waals surface area contributed by atoms with Gasteiger partial charge in [-0.2, -0.15) is 0 Å². The number of benzene rings is 1. The second-order valence-corrected chi connectivity index (χ2v) is 5.47. The van der Waals surface area contributed by atoms with Gasteiger partial charge in [-0.25, -0.2) is 0 Å². The number of carbonyl (C=O) groups is 1. The zero-order valence-electron chi connectivity index (χ0n) is 8.73. The Morgan fingerprint density at radius 3 is 2.44 bits per heavy atom. The van der Waals surface area contributed by atoms with E-state index in [9.17, 15) is 4.79 Å². The highest BCUT2D eigenvalue weighted by molar-refractivity contribution is 9.10. The Kier molecular flexibility index (Phi) is 4.22. The molecular formula is C11H6BrCl3N2O. The van der Waals surface area contributed by atoms with Gasteiger partial charge in [0.2, 0.25) is 0 Å². The largest absolute Gasteiger partial charge is 0.340 e. The molecule has 0 aliphatic rings. The quantitative estimate of drug-likeness (QED) is 0.771. The third-order valence-corrected chi connectivity index (χ3v) is 4.05. The summed E-state index contributed by atoms with van der Waals surface area (Å²) in [5.41, 5.74) is 0.897. The summed E-state index contributed by atoms with van der Waals surface area (Å²) in [5, 5.41) is 3.80. The molecule has 0 atom stereocenters. The van der Waals surface area contributed by atoms with Crippen LogP contribution in [0.5, 0.6) is 0 Å². The Morgan fingerprint density at radius 1 is 1.17 bits per heavy atom. The van der Waals surface area contributed by atoms with Gasteiger partial charge in [0.1, 0.15) is 10.8 Å². The van der Waals surface area contributed by atoms with Gasteiger partial charge in [-0.3, -0.25) is 4.79 Å². The van der Waals surface area contributed by atoms with Crippen LogP contribution < -0.4 is 5.32 Å². The molecule has 0 aliphatic heterocycles. The van der Waals surface area contributed by atoms with Gasteiger partial charge in [0, 0.05) is 10.2 Å². The van der Waals surface area contributed by atoms with Crippen LogP contribution in [0.4, 0.5) is 5.69 Å². The molecule has 0 radical (unpaired) electrons. The zero-order valence-corrected chi connectivity index (χ0v) is 12.6. The van der Waals surface area contributed by atoms with E-state index in [2.05, 4.69) is 26.2 Å². The highest BCUT2D eigenvalue weighted by Crippen LogP contribution is 2.26. The van der Waals surface area contributed by atoms with Crippen molar-refractivity contribution in [2.45, 2.75) is 0 Å². The first-order valence-electron chi connectivity index (χ1n) is 4.78. The van der Waals surface area contributed by atoms with E-state index in [0.717, 1.165) is 0 Å². The molecule has 2 aromatic rings.